The van der Waals surface area contributed by atoms with Crippen molar-refractivity contribution in [2.24, 2.45) is 13.0 Å². The van der Waals surface area contributed by atoms with Gasteiger partial charge in [0.05, 0.1) is 11.7 Å². The van der Waals surface area contributed by atoms with Crippen LogP contribution in [-0.2, 0) is 23.8 Å². The van der Waals surface area contributed by atoms with E-state index < -0.39 is 0 Å². The van der Waals surface area contributed by atoms with Gasteiger partial charge in [0, 0.05) is 68.6 Å². The van der Waals surface area contributed by atoms with Crippen LogP contribution in [0.25, 0.3) is 11.2 Å². The summed E-state index contributed by atoms with van der Waals surface area (Å²) in [6.45, 7) is 12.7. The van der Waals surface area contributed by atoms with Gasteiger partial charge in [0.2, 0.25) is 11.9 Å². The maximum absolute atomic E-state index is 12.8. The number of nitrogens with zero attached hydrogens (tertiary/aromatic N) is 7. The van der Waals surface area contributed by atoms with Crippen LogP contribution < -0.4 is 15.4 Å². The monoisotopic (exact) mass is 563 g/mol. The Labute approximate surface area is 239 Å². The van der Waals surface area contributed by atoms with E-state index in [1.165, 1.54) is 6.92 Å². The number of likely N-dealkylation sites (tertiary alicyclic amines) is 1. The van der Waals surface area contributed by atoms with Crippen molar-refractivity contribution in [1.82, 2.24) is 34.2 Å². The molecule has 0 saturated carbocycles. The topological polar surface area (TPSA) is 115 Å². The maximum atomic E-state index is 12.8. The molecule has 4 aromatic heterocycles. The lowest BCUT2D eigenvalue weighted by molar-refractivity contribution is -0.114. The van der Waals surface area contributed by atoms with E-state index in [1.54, 1.807) is 24.5 Å². The van der Waals surface area contributed by atoms with Crippen molar-refractivity contribution in [3.05, 3.63) is 41.9 Å². The number of alkyl halides is 1. The number of nitrogens with one attached hydrogen (secondary N) is 2. The highest BCUT2D eigenvalue weighted by atomic mass is 19.1. The van der Waals surface area contributed by atoms with Crippen molar-refractivity contribution < 1.29 is 13.9 Å². The lowest BCUT2D eigenvalue weighted by Crippen LogP contribution is -2.26. The van der Waals surface area contributed by atoms with Crippen LogP contribution in [0.3, 0.4) is 0 Å². The fourth-order valence-electron chi connectivity index (χ4n) is 5.36. The molecule has 0 spiro atoms. The number of amides is 1. The van der Waals surface area contributed by atoms with E-state index in [0.717, 1.165) is 42.8 Å². The van der Waals surface area contributed by atoms with Crippen molar-refractivity contribution in [2.45, 2.75) is 53.0 Å². The number of halogens is 1. The number of imidazole rings is 1. The molecule has 0 aromatic carbocycles. The molecule has 1 saturated heterocycles. The van der Waals surface area contributed by atoms with Crippen LogP contribution in [0.2, 0.25) is 0 Å². The van der Waals surface area contributed by atoms with Crippen LogP contribution >= 0.6 is 0 Å². The second-order valence-electron chi connectivity index (χ2n) is 11.7. The van der Waals surface area contributed by atoms with Crippen molar-refractivity contribution in [3.63, 3.8) is 0 Å². The zero-order valence-corrected chi connectivity index (χ0v) is 24.5. The lowest BCUT2D eigenvalue weighted by Gasteiger charge is -2.22. The third-order valence-corrected chi connectivity index (χ3v) is 7.36. The molecule has 4 aromatic rings. The standard InChI is InChI=1S/C29H38FN9O2/c1-18-22(41-21-7-10-31-24(13-21)33-19(2)40)15-32-27-26(18)37(6)28(35-27)34-25-14-23(29(3,4)5)39(36-25)17-20-8-11-38(16-20)12-9-30/h7,10,13-15,20H,8-9,11-12,16-17H2,1-6H3,(H,31,33,40)(H,32,34,35,36)/t20-/m1/s1. The number of anilines is 3. The number of carbonyl (C=O) groups excluding carboxylic acids is 1. The maximum Gasteiger partial charge on any atom is 0.222 e. The summed E-state index contributed by atoms with van der Waals surface area (Å²) in [7, 11) is 1.93. The molecule has 1 atom stereocenters. The molecule has 41 heavy (non-hydrogen) atoms. The molecule has 0 bridgehead atoms. The molecule has 1 aliphatic rings. The van der Waals surface area contributed by atoms with Gasteiger partial charge >= 0.3 is 0 Å². The summed E-state index contributed by atoms with van der Waals surface area (Å²) in [5.41, 5.74) is 3.31. The molecule has 1 aliphatic heterocycles. The predicted octanol–water partition coefficient (Wildman–Crippen LogP) is 4.95. The SMILES string of the molecule is CC(=O)Nc1cc(Oc2cnc3nc(Nc4cc(C(C)(C)C)n(C[C@@H]5CCN(CCF)C5)n4)n(C)c3c2C)ccn1. The highest BCUT2D eigenvalue weighted by Crippen LogP contribution is 2.33. The number of carbonyl (C=O) groups is 1. The number of fused-ring (bicyclic) bond motifs is 1. The molecule has 5 rings (SSSR count). The average Bonchev–Trinajstić information content (AvgIpc) is 3.59. The van der Waals surface area contributed by atoms with E-state index >= 15 is 0 Å². The van der Waals surface area contributed by atoms with E-state index in [0.29, 0.717) is 47.2 Å². The van der Waals surface area contributed by atoms with Gasteiger partial charge in [0.25, 0.3) is 0 Å². The van der Waals surface area contributed by atoms with Gasteiger partial charge in [-0.1, -0.05) is 20.8 Å². The molecule has 2 N–H and O–H groups in total. The van der Waals surface area contributed by atoms with Crippen LogP contribution in [-0.4, -0.2) is 66.4 Å². The Hall–Kier alpha value is -4.06. The largest absolute Gasteiger partial charge is 0.455 e. The van der Waals surface area contributed by atoms with Gasteiger partial charge in [-0.15, -0.1) is 0 Å². The number of rotatable bonds is 9. The first-order valence-corrected chi connectivity index (χ1v) is 13.9. The first-order chi connectivity index (χ1) is 19.5. The fourth-order valence-corrected chi connectivity index (χ4v) is 5.36. The first-order valence-electron chi connectivity index (χ1n) is 13.9. The van der Waals surface area contributed by atoms with Crippen LogP contribution in [0.15, 0.2) is 30.6 Å². The van der Waals surface area contributed by atoms with Crippen molar-refractivity contribution in [2.75, 3.05) is 36.9 Å². The molecule has 5 heterocycles. The molecule has 1 amide bonds. The van der Waals surface area contributed by atoms with Crippen LogP contribution in [0.1, 0.15) is 45.4 Å². The highest BCUT2D eigenvalue weighted by Gasteiger charge is 2.27. The summed E-state index contributed by atoms with van der Waals surface area (Å²) < 4.78 is 23.0. The number of aryl methyl sites for hydroxylation is 2. The summed E-state index contributed by atoms with van der Waals surface area (Å²) in [4.78, 5) is 27.0. The average molecular weight is 564 g/mol. The Morgan fingerprint density at radius 1 is 1.22 bits per heavy atom. The Morgan fingerprint density at radius 2 is 2.02 bits per heavy atom. The minimum atomic E-state index is -0.307. The van der Waals surface area contributed by atoms with Crippen molar-refractivity contribution in [3.8, 4) is 11.5 Å². The van der Waals surface area contributed by atoms with Gasteiger partial charge in [0.15, 0.2) is 17.2 Å². The third-order valence-electron chi connectivity index (χ3n) is 7.36. The van der Waals surface area contributed by atoms with Crippen molar-refractivity contribution in [1.29, 1.82) is 0 Å². The van der Waals surface area contributed by atoms with Crippen LogP contribution in [0.5, 0.6) is 11.5 Å². The predicted molar refractivity (Wildman–Crippen MR) is 157 cm³/mol. The van der Waals surface area contributed by atoms with E-state index in [1.807, 2.05) is 18.5 Å². The lowest BCUT2D eigenvalue weighted by atomic mass is 9.92. The summed E-state index contributed by atoms with van der Waals surface area (Å²) in [5, 5.41) is 11.0. The molecule has 12 heteroatoms. The van der Waals surface area contributed by atoms with Crippen LogP contribution in [0, 0.1) is 12.8 Å². The number of hydrogen-bond acceptors (Lipinski definition) is 8. The summed E-state index contributed by atoms with van der Waals surface area (Å²) >= 11 is 0. The molecule has 0 aliphatic carbocycles. The smallest absolute Gasteiger partial charge is 0.222 e. The summed E-state index contributed by atoms with van der Waals surface area (Å²) in [6, 6.07) is 5.46. The fraction of sp³-hybridized carbons (Fsp3) is 0.483. The van der Waals surface area contributed by atoms with Crippen molar-refractivity contribution >= 4 is 34.7 Å². The van der Waals surface area contributed by atoms with Gasteiger partial charge in [-0.05, 0) is 31.9 Å². The Kier molecular flexibility index (Phi) is 7.94. The quantitative estimate of drug-likeness (QED) is 0.294. The van der Waals surface area contributed by atoms with Gasteiger partial charge in [-0.3, -0.25) is 9.48 Å². The summed E-state index contributed by atoms with van der Waals surface area (Å²) in [6.07, 6.45) is 4.26. The van der Waals surface area contributed by atoms with E-state index in [9.17, 15) is 9.18 Å². The second kappa shape index (κ2) is 11.4. The highest BCUT2D eigenvalue weighted by molar-refractivity contribution is 5.87. The van der Waals surface area contributed by atoms with E-state index in [4.69, 9.17) is 14.8 Å². The number of ether oxygens (including phenoxy) is 1. The normalized spacial score (nSPS) is 15.9. The van der Waals surface area contributed by atoms with Gasteiger partial charge in [0.1, 0.15) is 18.2 Å². The van der Waals surface area contributed by atoms with Gasteiger partial charge in [-0.25, -0.2) is 14.4 Å². The second-order valence-corrected chi connectivity index (χ2v) is 11.7. The molecule has 11 nitrogen and oxygen atoms in total. The minimum Gasteiger partial charge on any atom is -0.455 e. The number of aromatic nitrogens is 6. The number of hydrogen-bond donors (Lipinski definition) is 2. The van der Waals surface area contributed by atoms with Gasteiger partial charge in [-0.2, -0.15) is 10.1 Å². The third kappa shape index (κ3) is 6.32. The van der Waals surface area contributed by atoms with E-state index in [-0.39, 0.29) is 18.0 Å². The minimum absolute atomic E-state index is 0.104. The molecule has 1 fully saturated rings. The summed E-state index contributed by atoms with van der Waals surface area (Å²) in [5.74, 6) is 3.07. The number of pyridine rings is 2. The first kappa shape index (κ1) is 28.5. The Bertz CT molecular complexity index is 1560. The molecular formula is C29H38FN9O2. The molecule has 0 radical (unpaired) electrons. The Morgan fingerprint density at radius 3 is 2.76 bits per heavy atom. The van der Waals surface area contributed by atoms with Crippen LogP contribution in [0.4, 0.5) is 22.0 Å². The molecule has 0 unspecified atom stereocenters. The van der Waals surface area contributed by atoms with Gasteiger partial charge < -0.3 is 24.8 Å². The molecular weight excluding hydrogens is 525 g/mol. The zero-order chi connectivity index (χ0) is 29.3. The van der Waals surface area contributed by atoms with E-state index in [2.05, 4.69) is 57.0 Å². The Balaban J connectivity index is 1.38. The zero-order valence-electron chi connectivity index (χ0n) is 24.5. The molecule has 218 valence electrons.